The van der Waals surface area contributed by atoms with E-state index in [2.05, 4.69) is 127 Å². The van der Waals surface area contributed by atoms with Gasteiger partial charge in [0.05, 0.1) is 0 Å². The van der Waals surface area contributed by atoms with E-state index in [1.54, 1.807) is 0 Å². The maximum absolute atomic E-state index is 2.44. The zero-order valence-electron chi connectivity index (χ0n) is 7.98. The van der Waals surface area contributed by atoms with Crippen molar-refractivity contribution < 1.29 is 0 Å². The lowest BCUT2D eigenvalue weighted by Gasteiger charge is -2.11. The van der Waals surface area contributed by atoms with Crippen molar-refractivity contribution in [1.29, 1.82) is 0 Å². The monoisotopic (exact) mass is 658 g/mol. The molecule has 0 aromatic heterocycles. The van der Waals surface area contributed by atoms with Crippen molar-refractivity contribution in [2.75, 3.05) is 0 Å². The third kappa shape index (κ3) is 2.85. The van der Waals surface area contributed by atoms with E-state index < -0.39 is 0 Å². The minimum absolute atomic E-state index is 1.30. The van der Waals surface area contributed by atoms with Crippen LogP contribution in [-0.2, 0) is 0 Å². The molecule has 0 atom stereocenters. The molecule has 0 nitrogen and oxygen atoms in total. The largest absolute Gasteiger partial charge is 0.0622 e. The van der Waals surface area contributed by atoms with Crippen molar-refractivity contribution in [2.45, 2.75) is 0 Å². The highest BCUT2D eigenvalue weighted by molar-refractivity contribution is 14.1. The van der Waals surface area contributed by atoms with Gasteiger partial charge >= 0.3 is 0 Å². The molecule has 16 heavy (non-hydrogen) atoms. The Morgan fingerprint density at radius 2 is 1.19 bits per heavy atom. The van der Waals surface area contributed by atoms with Crippen LogP contribution in [0.5, 0.6) is 0 Å². The molecule has 2 rings (SSSR count). The number of hydrogen-bond acceptors (Lipinski definition) is 0. The zero-order valence-corrected chi connectivity index (χ0v) is 16.6. The van der Waals surface area contributed by atoms with Crippen LogP contribution in [0.3, 0.4) is 0 Å². The van der Waals surface area contributed by atoms with Gasteiger partial charge in [0.2, 0.25) is 0 Å². The minimum Gasteiger partial charge on any atom is -0.0622 e. The normalized spacial score (nSPS) is 10.5. The van der Waals surface area contributed by atoms with Crippen LogP contribution in [0.15, 0.2) is 36.4 Å². The molecule has 0 aliphatic heterocycles. The molecule has 0 heterocycles. The van der Waals surface area contributed by atoms with Gasteiger partial charge in [0.1, 0.15) is 0 Å². The summed E-state index contributed by atoms with van der Waals surface area (Å²) in [6, 6.07) is 12.8. The standard InChI is InChI=1S/C12H6I4/c13-8-6-9(14)12(16)10(11(8)15)7-4-2-1-3-5-7/h1-6H. The summed E-state index contributed by atoms with van der Waals surface area (Å²) < 4.78 is 5.33. The Hall–Kier alpha value is 1.36. The summed E-state index contributed by atoms with van der Waals surface area (Å²) in [4.78, 5) is 0. The van der Waals surface area contributed by atoms with Crippen LogP contribution < -0.4 is 0 Å². The van der Waals surface area contributed by atoms with Gasteiger partial charge in [-0.2, -0.15) is 0 Å². The average Bonchev–Trinajstić information content (AvgIpc) is 2.28. The van der Waals surface area contributed by atoms with Crippen LogP contribution in [0, 0.1) is 14.3 Å². The van der Waals surface area contributed by atoms with Gasteiger partial charge in [0, 0.05) is 19.8 Å². The van der Waals surface area contributed by atoms with Crippen molar-refractivity contribution in [3.8, 4) is 11.1 Å². The van der Waals surface area contributed by atoms with E-state index in [1.807, 2.05) is 0 Å². The Kier molecular flexibility index (Phi) is 5.17. The topological polar surface area (TPSA) is 0 Å². The third-order valence-corrected chi connectivity index (χ3v) is 8.18. The molecule has 2 aromatic rings. The molecule has 0 radical (unpaired) electrons. The highest BCUT2D eigenvalue weighted by Gasteiger charge is 2.13. The Morgan fingerprint density at radius 3 is 1.69 bits per heavy atom. The van der Waals surface area contributed by atoms with Crippen LogP contribution in [-0.4, -0.2) is 0 Å². The molecule has 0 unspecified atom stereocenters. The molecule has 0 aliphatic rings. The molecule has 0 N–H and O–H groups in total. The fourth-order valence-electron chi connectivity index (χ4n) is 1.43. The molecule has 4 heteroatoms. The molecule has 0 bridgehead atoms. The molecule has 0 saturated heterocycles. The summed E-state index contributed by atoms with van der Waals surface area (Å²) in [6.45, 7) is 0. The van der Waals surface area contributed by atoms with Crippen LogP contribution in [0.2, 0.25) is 0 Å². The first-order valence-corrected chi connectivity index (χ1v) is 8.81. The Balaban J connectivity index is 2.74. The summed E-state index contributed by atoms with van der Waals surface area (Å²) in [5, 5.41) is 0. The van der Waals surface area contributed by atoms with Crippen LogP contribution in [0.4, 0.5) is 0 Å². The molecule has 0 saturated carbocycles. The first-order valence-electron chi connectivity index (χ1n) is 4.49. The summed E-state index contributed by atoms with van der Waals surface area (Å²) in [5.74, 6) is 0. The summed E-state index contributed by atoms with van der Waals surface area (Å²) in [5.41, 5.74) is 2.66. The highest BCUT2D eigenvalue weighted by Crippen LogP contribution is 2.35. The maximum atomic E-state index is 2.44. The molecule has 0 amide bonds. The number of hydrogen-bond donors (Lipinski definition) is 0. The van der Waals surface area contributed by atoms with Crippen LogP contribution >= 0.6 is 90.4 Å². The number of rotatable bonds is 1. The first kappa shape index (κ1) is 13.8. The molecule has 2 aromatic carbocycles. The molecular formula is C12H6I4. The molecular weight excluding hydrogens is 652 g/mol. The quantitative estimate of drug-likeness (QED) is 0.270. The minimum atomic E-state index is 1.30. The van der Waals surface area contributed by atoms with Gasteiger partial charge in [-0.15, -0.1) is 0 Å². The molecule has 0 fully saturated rings. The van der Waals surface area contributed by atoms with Crippen molar-refractivity contribution >= 4 is 90.4 Å². The number of benzene rings is 2. The molecule has 0 aliphatic carbocycles. The number of halogens is 4. The predicted octanol–water partition coefficient (Wildman–Crippen LogP) is 5.77. The lowest BCUT2D eigenvalue weighted by molar-refractivity contribution is 1.47. The van der Waals surface area contributed by atoms with E-state index in [0.29, 0.717) is 0 Å². The Bertz CT molecular complexity index is 494. The summed E-state index contributed by atoms with van der Waals surface area (Å²) in [6.07, 6.45) is 0. The summed E-state index contributed by atoms with van der Waals surface area (Å²) in [7, 11) is 0. The lowest BCUT2D eigenvalue weighted by atomic mass is 10.1. The van der Waals surface area contributed by atoms with Crippen molar-refractivity contribution in [3.05, 3.63) is 50.7 Å². The first-order chi connectivity index (χ1) is 7.61. The van der Waals surface area contributed by atoms with Gasteiger partial charge in [0.25, 0.3) is 0 Å². The zero-order chi connectivity index (χ0) is 11.7. The second-order valence-electron chi connectivity index (χ2n) is 3.21. The van der Waals surface area contributed by atoms with Gasteiger partial charge in [0.15, 0.2) is 0 Å². The second-order valence-corrected chi connectivity index (χ2v) is 7.69. The Labute approximate surface area is 150 Å². The van der Waals surface area contributed by atoms with Gasteiger partial charge in [-0.1, -0.05) is 30.3 Å². The highest BCUT2D eigenvalue weighted by atomic mass is 127. The lowest BCUT2D eigenvalue weighted by Crippen LogP contribution is -1.94. The van der Waals surface area contributed by atoms with Gasteiger partial charge in [-0.25, -0.2) is 0 Å². The van der Waals surface area contributed by atoms with Crippen molar-refractivity contribution in [2.24, 2.45) is 0 Å². The van der Waals surface area contributed by atoms with E-state index >= 15 is 0 Å². The van der Waals surface area contributed by atoms with Gasteiger partial charge in [-0.05, 0) is 102 Å². The van der Waals surface area contributed by atoms with Crippen LogP contribution in [0.25, 0.3) is 11.1 Å². The van der Waals surface area contributed by atoms with Crippen LogP contribution in [0.1, 0.15) is 0 Å². The fourth-order valence-corrected chi connectivity index (χ4v) is 5.18. The van der Waals surface area contributed by atoms with Crippen molar-refractivity contribution in [3.63, 3.8) is 0 Å². The third-order valence-electron chi connectivity index (χ3n) is 2.17. The summed E-state index contributed by atoms with van der Waals surface area (Å²) >= 11 is 9.68. The maximum Gasteiger partial charge on any atom is 0.0353 e. The van der Waals surface area contributed by atoms with Gasteiger partial charge in [-0.3, -0.25) is 0 Å². The second kappa shape index (κ2) is 6.00. The average molecular weight is 658 g/mol. The van der Waals surface area contributed by atoms with E-state index in [1.165, 1.54) is 25.4 Å². The van der Waals surface area contributed by atoms with E-state index in [-0.39, 0.29) is 0 Å². The van der Waals surface area contributed by atoms with Gasteiger partial charge < -0.3 is 0 Å². The van der Waals surface area contributed by atoms with E-state index in [4.69, 9.17) is 0 Å². The smallest absolute Gasteiger partial charge is 0.0353 e. The predicted molar refractivity (Wildman–Crippen MR) is 103 cm³/mol. The van der Waals surface area contributed by atoms with E-state index in [0.717, 1.165) is 0 Å². The molecule has 0 spiro atoms. The van der Waals surface area contributed by atoms with Crippen molar-refractivity contribution in [1.82, 2.24) is 0 Å². The fraction of sp³-hybridized carbons (Fsp3) is 0. The SMILES string of the molecule is Ic1cc(I)c(I)c(-c2ccccc2)c1I. The van der Waals surface area contributed by atoms with E-state index in [9.17, 15) is 0 Å². The molecule has 82 valence electrons. The Morgan fingerprint density at radius 1 is 0.688 bits per heavy atom.